The zero-order valence-electron chi connectivity index (χ0n) is 8.81. The van der Waals surface area contributed by atoms with Crippen LogP contribution in [0.1, 0.15) is 11.1 Å². The van der Waals surface area contributed by atoms with Gasteiger partial charge in [0.15, 0.2) is 0 Å². The van der Waals surface area contributed by atoms with Gasteiger partial charge in [0.2, 0.25) is 0 Å². The highest BCUT2D eigenvalue weighted by molar-refractivity contribution is 6.16. The third-order valence-corrected chi connectivity index (χ3v) is 3.59. The standard InChI is InChI=1S/C14H12ClN/c15-16-11-14(16,12-7-3-1-4-8-12)13-9-5-2-6-10-13/h1-10H,11H2. The summed E-state index contributed by atoms with van der Waals surface area (Å²) in [5.41, 5.74) is 2.41. The molecule has 1 fully saturated rings. The molecule has 0 N–H and O–H groups in total. The summed E-state index contributed by atoms with van der Waals surface area (Å²) in [4.78, 5) is 0. The first kappa shape index (κ1) is 9.88. The summed E-state index contributed by atoms with van der Waals surface area (Å²) >= 11 is 6.21. The zero-order chi connectivity index (χ0) is 11.0. The van der Waals surface area contributed by atoms with Crippen molar-refractivity contribution in [1.29, 1.82) is 0 Å². The van der Waals surface area contributed by atoms with Crippen LogP contribution in [0.2, 0.25) is 0 Å². The van der Waals surface area contributed by atoms with E-state index in [-0.39, 0.29) is 5.54 Å². The van der Waals surface area contributed by atoms with E-state index in [0.717, 1.165) is 6.54 Å². The van der Waals surface area contributed by atoms with Gasteiger partial charge in [-0.2, -0.15) is 0 Å². The molecule has 0 amide bonds. The Morgan fingerprint density at radius 1 is 0.812 bits per heavy atom. The normalized spacial score (nSPS) is 21.7. The van der Waals surface area contributed by atoms with Crippen molar-refractivity contribution in [2.24, 2.45) is 0 Å². The number of hydrogen-bond donors (Lipinski definition) is 0. The summed E-state index contributed by atoms with van der Waals surface area (Å²) in [7, 11) is 0. The second kappa shape index (κ2) is 3.62. The van der Waals surface area contributed by atoms with E-state index >= 15 is 0 Å². The number of benzene rings is 2. The minimum absolute atomic E-state index is 0.107. The van der Waals surface area contributed by atoms with E-state index in [2.05, 4.69) is 48.5 Å². The van der Waals surface area contributed by atoms with Crippen molar-refractivity contribution in [1.82, 2.24) is 4.42 Å². The zero-order valence-corrected chi connectivity index (χ0v) is 9.56. The lowest BCUT2D eigenvalue weighted by atomic mass is 9.91. The van der Waals surface area contributed by atoms with Gasteiger partial charge < -0.3 is 0 Å². The highest BCUT2D eigenvalue weighted by Gasteiger charge is 2.54. The van der Waals surface area contributed by atoms with E-state index in [1.54, 1.807) is 0 Å². The van der Waals surface area contributed by atoms with Gasteiger partial charge in [-0.3, -0.25) is 0 Å². The van der Waals surface area contributed by atoms with Crippen molar-refractivity contribution in [3.05, 3.63) is 71.8 Å². The fraction of sp³-hybridized carbons (Fsp3) is 0.143. The van der Waals surface area contributed by atoms with Gasteiger partial charge in [0.05, 0.1) is 0 Å². The molecular weight excluding hydrogens is 218 g/mol. The Balaban J connectivity index is 2.10. The molecule has 0 bridgehead atoms. The molecule has 0 spiro atoms. The molecule has 16 heavy (non-hydrogen) atoms. The van der Waals surface area contributed by atoms with Crippen LogP contribution in [0.5, 0.6) is 0 Å². The lowest BCUT2D eigenvalue weighted by molar-refractivity contribution is 0.672. The van der Waals surface area contributed by atoms with Crippen molar-refractivity contribution < 1.29 is 0 Å². The second-order valence-corrected chi connectivity index (χ2v) is 4.52. The van der Waals surface area contributed by atoms with Crippen molar-refractivity contribution in [2.45, 2.75) is 5.54 Å². The largest absolute Gasteiger partial charge is 0.201 e. The lowest BCUT2D eigenvalue weighted by Crippen LogP contribution is -2.13. The van der Waals surface area contributed by atoms with Gasteiger partial charge in [-0.25, -0.2) is 4.42 Å². The lowest BCUT2D eigenvalue weighted by Gasteiger charge is -2.15. The molecule has 1 atom stereocenters. The van der Waals surface area contributed by atoms with Crippen LogP contribution >= 0.6 is 11.8 Å². The van der Waals surface area contributed by atoms with Crippen molar-refractivity contribution >= 4 is 11.8 Å². The fourth-order valence-electron chi connectivity index (χ4n) is 2.22. The molecule has 0 radical (unpaired) electrons. The Morgan fingerprint density at radius 3 is 1.50 bits per heavy atom. The molecule has 1 aliphatic rings. The van der Waals surface area contributed by atoms with Crippen LogP contribution in [0.25, 0.3) is 0 Å². The van der Waals surface area contributed by atoms with Crippen LogP contribution in [0.15, 0.2) is 60.7 Å². The molecular formula is C14H12ClN. The molecule has 1 saturated heterocycles. The average molecular weight is 230 g/mol. The van der Waals surface area contributed by atoms with Crippen LogP contribution in [0, 0.1) is 0 Å². The van der Waals surface area contributed by atoms with E-state index in [4.69, 9.17) is 11.8 Å². The number of rotatable bonds is 2. The van der Waals surface area contributed by atoms with Crippen LogP contribution in [-0.4, -0.2) is 11.0 Å². The molecule has 2 heteroatoms. The van der Waals surface area contributed by atoms with Crippen molar-refractivity contribution in [2.75, 3.05) is 6.54 Å². The van der Waals surface area contributed by atoms with Crippen LogP contribution in [0.4, 0.5) is 0 Å². The summed E-state index contributed by atoms with van der Waals surface area (Å²) in [6, 6.07) is 20.8. The summed E-state index contributed by atoms with van der Waals surface area (Å²) in [6.45, 7) is 0.878. The van der Waals surface area contributed by atoms with Crippen LogP contribution < -0.4 is 0 Å². The fourth-order valence-corrected chi connectivity index (χ4v) is 2.59. The first-order valence-electron chi connectivity index (χ1n) is 5.38. The minimum Gasteiger partial charge on any atom is -0.201 e. The highest BCUT2D eigenvalue weighted by Crippen LogP contribution is 2.49. The number of hydrogen-bond acceptors (Lipinski definition) is 1. The summed E-state index contributed by atoms with van der Waals surface area (Å²) in [6.07, 6.45) is 0. The topological polar surface area (TPSA) is 3.01 Å². The van der Waals surface area contributed by atoms with E-state index < -0.39 is 0 Å². The Kier molecular flexibility index (Phi) is 2.23. The van der Waals surface area contributed by atoms with E-state index in [1.807, 2.05) is 16.6 Å². The average Bonchev–Trinajstić information content (AvgIpc) is 3.05. The van der Waals surface area contributed by atoms with E-state index in [1.165, 1.54) is 11.1 Å². The van der Waals surface area contributed by atoms with Gasteiger partial charge in [0.1, 0.15) is 5.54 Å². The number of halogens is 1. The van der Waals surface area contributed by atoms with Gasteiger partial charge in [-0.05, 0) is 22.9 Å². The molecule has 1 heterocycles. The predicted octanol–water partition coefficient (Wildman–Crippen LogP) is 3.40. The molecule has 1 aliphatic heterocycles. The van der Waals surface area contributed by atoms with Crippen LogP contribution in [-0.2, 0) is 5.54 Å². The van der Waals surface area contributed by atoms with Gasteiger partial charge >= 0.3 is 0 Å². The third-order valence-electron chi connectivity index (χ3n) is 3.18. The highest BCUT2D eigenvalue weighted by atomic mass is 35.5. The maximum Gasteiger partial charge on any atom is 0.100 e. The molecule has 2 aromatic rings. The molecule has 0 aliphatic carbocycles. The van der Waals surface area contributed by atoms with E-state index in [0.29, 0.717) is 0 Å². The Hall–Kier alpha value is -1.31. The van der Waals surface area contributed by atoms with Gasteiger partial charge in [0, 0.05) is 6.54 Å². The molecule has 2 aromatic carbocycles. The number of nitrogens with zero attached hydrogens (tertiary/aromatic N) is 1. The quantitative estimate of drug-likeness (QED) is 0.564. The van der Waals surface area contributed by atoms with Crippen LogP contribution in [0.3, 0.4) is 0 Å². The Labute approximate surface area is 100 Å². The predicted molar refractivity (Wildman–Crippen MR) is 66.2 cm³/mol. The molecule has 80 valence electrons. The summed E-state index contributed by atoms with van der Waals surface area (Å²) in [5, 5.41) is 0. The molecule has 3 rings (SSSR count). The molecule has 1 nitrogen and oxygen atoms in total. The van der Waals surface area contributed by atoms with Gasteiger partial charge in [-0.1, -0.05) is 60.7 Å². The van der Waals surface area contributed by atoms with Crippen molar-refractivity contribution in [3.8, 4) is 0 Å². The van der Waals surface area contributed by atoms with Crippen molar-refractivity contribution in [3.63, 3.8) is 0 Å². The minimum atomic E-state index is -0.107. The van der Waals surface area contributed by atoms with Gasteiger partial charge in [0.25, 0.3) is 0 Å². The SMILES string of the molecule is ClN1CC1(c1ccccc1)c1ccccc1. The van der Waals surface area contributed by atoms with Gasteiger partial charge in [-0.15, -0.1) is 0 Å². The smallest absolute Gasteiger partial charge is 0.100 e. The summed E-state index contributed by atoms with van der Waals surface area (Å²) < 4.78 is 1.86. The molecule has 1 unspecified atom stereocenters. The molecule has 0 saturated carbocycles. The first-order valence-corrected chi connectivity index (χ1v) is 5.72. The maximum absolute atomic E-state index is 6.21. The first-order chi connectivity index (χ1) is 7.84. The Morgan fingerprint density at radius 2 is 1.19 bits per heavy atom. The maximum atomic E-state index is 6.21. The monoisotopic (exact) mass is 229 g/mol. The Bertz CT molecular complexity index is 441. The third kappa shape index (κ3) is 1.36. The summed E-state index contributed by atoms with van der Waals surface area (Å²) in [5.74, 6) is 0. The molecule has 0 aromatic heterocycles. The van der Waals surface area contributed by atoms with E-state index in [9.17, 15) is 0 Å². The second-order valence-electron chi connectivity index (χ2n) is 4.11.